The molecule has 0 amide bonds. The average Bonchev–Trinajstić information content (AvgIpc) is 2.21. The molecule has 0 aliphatic rings. The Labute approximate surface area is 97.7 Å². The molecule has 1 rings (SSSR count). The van der Waals surface area contributed by atoms with Crippen molar-refractivity contribution in [3.05, 3.63) is 27.7 Å². The van der Waals surface area contributed by atoms with Gasteiger partial charge in [0.2, 0.25) is 0 Å². The van der Waals surface area contributed by atoms with Gasteiger partial charge in [-0.1, -0.05) is 0 Å². The zero-order chi connectivity index (χ0) is 11.6. The van der Waals surface area contributed by atoms with Gasteiger partial charge in [-0.3, -0.25) is 4.79 Å². The first-order valence-electron chi connectivity index (χ1n) is 4.62. The van der Waals surface area contributed by atoms with Crippen LogP contribution in [0.1, 0.15) is 22.8 Å². The molecule has 0 spiro atoms. The van der Waals surface area contributed by atoms with E-state index in [0.29, 0.717) is 11.3 Å². The molecular formula is C11H14BrNO2. The van der Waals surface area contributed by atoms with Crippen molar-refractivity contribution in [1.29, 1.82) is 0 Å². The minimum atomic E-state index is -0.482. The summed E-state index contributed by atoms with van der Waals surface area (Å²) >= 11 is 3.39. The van der Waals surface area contributed by atoms with Gasteiger partial charge in [-0.15, -0.1) is 0 Å². The molecule has 0 aromatic heterocycles. The van der Waals surface area contributed by atoms with E-state index in [0.717, 1.165) is 10.0 Å². The summed E-state index contributed by atoms with van der Waals surface area (Å²) in [6.07, 6.45) is 0. The molecule has 0 radical (unpaired) electrons. The van der Waals surface area contributed by atoms with Gasteiger partial charge < -0.3 is 10.5 Å². The number of nitrogens with two attached hydrogens (primary N) is 1. The summed E-state index contributed by atoms with van der Waals surface area (Å²) in [5.41, 5.74) is 7.06. The first-order chi connectivity index (χ1) is 6.99. The summed E-state index contributed by atoms with van der Waals surface area (Å²) in [4.78, 5) is 11.7. The van der Waals surface area contributed by atoms with Crippen LogP contribution in [0.3, 0.4) is 0 Å². The second-order valence-electron chi connectivity index (χ2n) is 3.41. The topological polar surface area (TPSA) is 52.3 Å². The lowest BCUT2D eigenvalue weighted by Crippen LogP contribution is -2.27. The molecule has 0 aliphatic carbocycles. The maximum Gasteiger partial charge on any atom is 0.179 e. The van der Waals surface area contributed by atoms with E-state index in [2.05, 4.69) is 15.9 Å². The number of benzene rings is 1. The summed E-state index contributed by atoms with van der Waals surface area (Å²) in [6, 6.07) is 3.01. The van der Waals surface area contributed by atoms with E-state index >= 15 is 0 Å². The lowest BCUT2D eigenvalue weighted by molar-refractivity contribution is 0.0967. The van der Waals surface area contributed by atoms with Crippen molar-refractivity contribution in [2.24, 2.45) is 5.73 Å². The minimum Gasteiger partial charge on any atom is -0.496 e. The molecule has 0 heterocycles. The Morgan fingerprint density at radius 3 is 2.60 bits per heavy atom. The second kappa shape index (κ2) is 4.77. The Morgan fingerprint density at radius 1 is 1.53 bits per heavy atom. The highest BCUT2D eigenvalue weighted by molar-refractivity contribution is 9.10. The van der Waals surface area contributed by atoms with Crippen LogP contribution in [0.5, 0.6) is 5.75 Å². The molecule has 0 fully saturated rings. The summed E-state index contributed by atoms with van der Waals surface area (Å²) in [7, 11) is 1.59. The summed E-state index contributed by atoms with van der Waals surface area (Å²) in [5.74, 6) is 0.657. The molecule has 3 nitrogen and oxygen atoms in total. The largest absolute Gasteiger partial charge is 0.496 e. The van der Waals surface area contributed by atoms with Crippen LogP contribution >= 0.6 is 15.9 Å². The zero-order valence-corrected chi connectivity index (χ0v) is 10.6. The van der Waals surface area contributed by atoms with Gasteiger partial charge in [0, 0.05) is 5.56 Å². The third-order valence-corrected chi connectivity index (χ3v) is 3.24. The Kier molecular flexibility index (Phi) is 3.88. The predicted octanol–water partition coefficient (Wildman–Crippen LogP) is 2.30. The number of hydrogen-bond acceptors (Lipinski definition) is 3. The van der Waals surface area contributed by atoms with Crippen LogP contribution in [0.25, 0.3) is 0 Å². The lowest BCUT2D eigenvalue weighted by atomic mass is 10.0. The first-order valence-corrected chi connectivity index (χ1v) is 5.41. The van der Waals surface area contributed by atoms with Crippen molar-refractivity contribution in [3.8, 4) is 5.75 Å². The maximum atomic E-state index is 11.7. The van der Waals surface area contributed by atoms with Crippen molar-refractivity contribution in [2.75, 3.05) is 7.11 Å². The zero-order valence-electron chi connectivity index (χ0n) is 9.00. The van der Waals surface area contributed by atoms with Crippen LogP contribution < -0.4 is 10.5 Å². The minimum absolute atomic E-state index is 0.0594. The Morgan fingerprint density at radius 2 is 2.13 bits per heavy atom. The Balaban J connectivity index is 3.23. The normalized spacial score (nSPS) is 12.3. The number of rotatable bonds is 3. The summed E-state index contributed by atoms with van der Waals surface area (Å²) in [5, 5.41) is 0. The van der Waals surface area contributed by atoms with Crippen molar-refractivity contribution in [1.82, 2.24) is 0 Å². The molecule has 4 heteroatoms. The van der Waals surface area contributed by atoms with E-state index in [9.17, 15) is 4.79 Å². The van der Waals surface area contributed by atoms with Gasteiger partial charge in [-0.05, 0) is 47.5 Å². The molecule has 1 atom stereocenters. The molecular weight excluding hydrogens is 258 g/mol. The highest BCUT2D eigenvalue weighted by atomic mass is 79.9. The Bertz CT molecular complexity index is 388. The SMILES string of the molecule is COc1ccc(C(=O)C(C)N)c(C)c1Br. The monoisotopic (exact) mass is 271 g/mol. The molecule has 0 aliphatic heterocycles. The van der Waals surface area contributed by atoms with Crippen molar-refractivity contribution in [2.45, 2.75) is 19.9 Å². The molecule has 15 heavy (non-hydrogen) atoms. The number of ether oxygens (including phenoxy) is 1. The molecule has 2 N–H and O–H groups in total. The van der Waals surface area contributed by atoms with E-state index in [4.69, 9.17) is 10.5 Å². The summed E-state index contributed by atoms with van der Waals surface area (Å²) in [6.45, 7) is 3.54. The number of halogens is 1. The lowest BCUT2D eigenvalue weighted by Gasteiger charge is -2.12. The van der Waals surface area contributed by atoms with Crippen LogP contribution in [0.15, 0.2) is 16.6 Å². The Hall–Kier alpha value is -0.870. The number of carbonyl (C=O) groups is 1. The number of Topliss-reactive ketones (excluding diaryl/α,β-unsaturated/α-hetero) is 1. The highest BCUT2D eigenvalue weighted by Crippen LogP contribution is 2.30. The van der Waals surface area contributed by atoms with E-state index < -0.39 is 6.04 Å². The van der Waals surface area contributed by atoms with Gasteiger partial charge in [0.25, 0.3) is 0 Å². The molecule has 1 aromatic rings. The van der Waals surface area contributed by atoms with Crippen LogP contribution in [0.2, 0.25) is 0 Å². The van der Waals surface area contributed by atoms with E-state index in [1.165, 1.54) is 0 Å². The van der Waals surface area contributed by atoms with Crippen LogP contribution in [0, 0.1) is 6.92 Å². The fraction of sp³-hybridized carbons (Fsp3) is 0.364. The molecule has 82 valence electrons. The van der Waals surface area contributed by atoms with Gasteiger partial charge in [-0.25, -0.2) is 0 Å². The molecule has 0 saturated carbocycles. The second-order valence-corrected chi connectivity index (χ2v) is 4.20. The van der Waals surface area contributed by atoms with E-state index in [-0.39, 0.29) is 5.78 Å². The third kappa shape index (κ3) is 2.38. The van der Waals surface area contributed by atoms with Gasteiger partial charge in [0.15, 0.2) is 5.78 Å². The van der Waals surface area contributed by atoms with Gasteiger partial charge in [0.1, 0.15) is 5.75 Å². The van der Waals surface area contributed by atoms with Crippen molar-refractivity contribution in [3.63, 3.8) is 0 Å². The van der Waals surface area contributed by atoms with Crippen molar-refractivity contribution >= 4 is 21.7 Å². The predicted molar refractivity (Wildman–Crippen MR) is 63.4 cm³/mol. The number of carbonyl (C=O) groups excluding carboxylic acids is 1. The quantitative estimate of drug-likeness (QED) is 0.859. The van der Waals surface area contributed by atoms with Gasteiger partial charge in [-0.2, -0.15) is 0 Å². The average molecular weight is 272 g/mol. The van der Waals surface area contributed by atoms with Crippen LogP contribution in [0.4, 0.5) is 0 Å². The number of methoxy groups -OCH3 is 1. The van der Waals surface area contributed by atoms with Gasteiger partial charge in [0.05, 0.1) is 17.6 Å². The smallest absolute Gasteiger partial charge is 0.179 e. The molecule has 0 bridgehead atoms. The number of ketones is 1. The van der Waals surface area contributed by atoms with Crippen LogP contribution in [-0.4, -0.2) is 18.9 Å². The fourth-order valence-corrected chi connectivity index (χ4v) is 1.84. The third-order valence-electron chi connectivity index (χ3n) is 2.25. The highest BCUT2D eigenvalue weighted by Gasteiger charge is 2.16. The summed E-state index contributed by atoms with van der Waals surface area (Å²) < 4.78 is 5.93. The first kappa shape index (κ1) is 12.2. The van der Waals surface area contributed by atoms with Gasteiger partial charge >= 0.3 is 0 Å². The molecule has 1 aromatic carbocycles. The maximum absolute atomic E-state index is 11.7. The van der Waals surface area contributed by atoms with Crippen molar-refractivity contribution < 1.29 is 9.53 Å². The number of hydrogen-bond donors (Lipinski definition) is 1. The van der Waals surface area contributed by atoms with E-state index in [1.807, 2.05) is 6.92 Å². The molecule has 0 saturated heterocycles. The fourth-order valence-electron chi connectivity index (χ4n) is 1.33. The molecule has 1 unspecified atom stereocenters. The van der Waals surface area contributed by atoms with Crippen LogP contribution in [-0.2, 0) is 0 Å². The standard InChI is InChI=1S/C11H14BrNO2/c1-6-8(11(14)7(2)13)4-5-9(15-3)10(6)12/h4-5,7H,13H2,1-3H3. The van der Waals surface area contributed by atoms with E-state index in [1.54, 1.807) is 26.2 Å².